The van der Waals surface area contributed by atoms with Gasteiger partial charge in [0.05, 0.1) is 19.3 Å². The summed E-state index contributed by atoms with van der Waals surface area (Å²) >= 11 is 0. The van der Waals surface area contributed by atoms with Crippen LogP contribution in [-0.2, 0) is 62.5 Å². The Kier molecular flexibility index (Phi) is 11.7. The number of hydroxylamine groups is 6. The first-order valence-corrected chi connectivity index (χ1v) is 14.0. The summed E-state index contributed by atoms with van der Waals surface area (Å²) in [4.78, 5) is 137. The number of nitrogens with zero attached hydrogens (tertiary/aromatic N) is 3. The molecule has 7 amide bonds. The number of nitrogens with one attached hydrogen (secondary N) is 2. The number of amides is 7. The van der Waals surface area contributed by atoms with E-state index in [1.165, 1.54) is 0 Å². The summed E-state index contributed by atoms with van der Waals surface area (Å²) < 4.78 is 0. The van der Waals surface area contributed by atoms with E-state index < -0.39 is 84.1 Å². The molecule has 3 saturated heterocycles. The molecule has 0 saturated carbocycles. The lowest BCUT2D eigenvalue weighted by molar-refractivity contribution is -0.198. The quantitative estimate of drug-likeness (QED) is 0.134. The number of carbonyl (C=O) groups excluding carboxylic acids is 10. The van der Waals surface area contributed by atoms with Gasteiger partial charge in [0.15, 0.2) is 7.98 Å². The third-order valence-electron chi connectivity index (χ3n) is 7.03. The van der Waals surface area contributed by atoms with Gasteiger partial charge >= 0.3 is 17.9 Å². The van der Waals surface area contributed by atoms with Crippen molar-refractivity contribution in [2.75, 3.05) is 6.54 Å². The molecule has 0 aromatic heterocycles. The van der Waals surface area contributed by atoms with E-state index in [0.29, 0.717) is 15.2 Å². The fourth-order valence-corrected chi connectivity index (χ4v) is 4.60. The lowest BCUT2D eigenvalue weighted by Gasteiger charge is -2.35. The summed E-state index contributed by atoms with van der Waals surface area (Å²) in [5.41, 5.74) is -1.53. The van der Waals surface area contributed by atoms with Gasteiger partial charge < -0.3 is 25.1 Å². The number of imide groups is 3. The summed E-state index contributed by atoms with van der Waals surface area (Å²) in [6.45, 7) is 0.242. The first-order valence-electron chi connectivity index (χ1n) is 14.0. The Labute approximate surface area is 251 Å². The van der Waals surface area contributed by atoms with Gasteiger partial charge in [-0.1, -0.05) is 0 Å². The van der Waals surface area contributed by atoms with E-state index >= 15 is 0 Å². The second-order valence-corrected chi connectivity index (χ2v) is 10.3. The monoisotopic (exact) mass is 621 g/mol. The largest absolute Gasteiger partial charge is 0.361 e. The lowest BCUT2D eigenvalue weighted by Crippen LogP contribution is -2.50. The molecule has 0 aromatic rings. The van der Waals surface area contributed by atoms with Crippen molar-refractivity contribution in [2.45, 2.75) is 89.0 Å². The van der Waals surface area contributed by atoms with Crippen molar-refractivity contribution in [1.82, 2.24) is 25.7 Å². The maximum atomic E-state index is 12.9. The van der Waals surface area contributed by atoms with Crippen LogP contribution in [0.1, 0.15) is 83.5 Å². The summed E-state index contributed by atoms with van der Waals surface area (Å²) in [6.07, 6.45) is -3.20. The molecule has 2 N–H and O–H groups in total. The fourth-order valence-electron chi connectivity index (χ4n) is 4.60. The molecule has 3 heterocycles. The van der Waals surface area contributed by atoms with Crippen LogP contribution in [0.3, 0.4) is 0 Å². The highest BCUT2D eigenvalue weighted by atomic mass is 16.7. The van der Waals surface area contributed by atoms with E-state index in [-0.39, 0.29) is 70.8 Å². The van der Waals surface area contributed by atoms with Crippen LogP contribution >= 0.6 is 0 Å². The first-order chi connectivity index (χ1) is 20.8. The molecule has 3 aliphatic rings. The van der Waals surface area contributed by atoms with E-state index in [1.807, 2.05) is 0 Å². The first kappa shape index (κ1) is 33.8. The smallest absolute Gasteiger partial charge is 0.333 e. The Morgan fingerprint density at radius 3 is 1.14 bits per heavy atom. The second kappa shape index (κ2) is 15.2. The van der Waals surface area contributed by atoms with E-state index in [1.54, 1.807) is 7.98 Å². The third kappa shape index (κ3) is 9.16. The fraction of sp³-hybridized carbons (Fsp3) is 0.600. The van der Waals surface area contributed by atoms with Crippen molar-refractivity contribution < 1.29 is 62.5 Å². The van der Waals surface area contributed by atoms with Crippen molar-refractivity contribution in [3.8, 4) is 0 Å². The molecule has 19 heteroatoms. The van der Waals surface area contributed by atoms with Crippen molar-refractivity contribution in [1.29, 1.82) is 0 Å². The normalized spacial score (nSPS) is 17.0. The molecule has 238 valence electrons. The minimum atomic E-state index is -1.53. The van der Waals surface area contributed by atoms with Gasteiger partial charge in [-0.25, -0.2) is 14.4 Å². The highest BCUT2D eigenvalue weighted by molar-refractivity contribution is 6.04. The summed E-state index contributed by atoms with van der Waals surface area (Å²) in [5, 5.41) is 6.55. The molecule has 0 spiro atoms. The van der Waals surface area contributed by atoms with Gasteiger partial charge in [-0.3, -0.25) is 33.6 Å². The van der Waals surface area contributed by atoms with Crippen molar-refractivity contribution in [3.63, 3.8) is 0 Å². The summed E-state index contributed by atoms with van der Waals surface area (Å²) in [5.74, 6) is -7.87. The van der Waals surface area contributed by atoms with Crippen LogP contribution in [0.25, 0.3) is 0 Å². The molecular formula is C25H32BN5O13. The molecule has 3 aliphatic heterocycles. The molecule has 0 aromatic carbocycles. The Hall–Kier alpha value is -4.68. The average Bonchev–Trinajstić information content (AvgIpc) is 3.60. The molecule has 44 heavy (non-hydrogen) atoms. The average molecular weight is 621 g/mol. The van der Waals surface area contributed by atoms with Crippen LogP contribution in [0.2, 0.25) is 0 Å². The maximum Gasteiger partial charge on any atom is 0.333 e. The SMILES string of the molecule is BNCCC(=O)NC(CCC(=O)ON1C(=O)CCC1=O)(CCC(=O)ON1C(=O)CCC1=O)CCC(=O)ON1C(=O)CCC1=O. The molecule has 3 rings (SSSR count). The minimum absolute atomic E-state index is 0.0536. The standard InChI is InChI=1S/C25H32BN5O13/c26-27-14-10-15(32)28-25(11-7-22(39)42-29-16(33)1-2-17(29)34,12-8-23(40)43-30-18(35)3-4-19(30)36)13-9-24(41)44-31-20(37)5-6-21(31)38/h27H,1-14,26H2,(H,28,32). The Morgan fingerprint density at radius 2 is 0.864 bits per heavy atom. The lowest BCUT2D eigenvalue weighted by atomic mass is 9.83. The molecule has 0 radical (unpaired) electrons. The number of carbonyl (C=O) groups is 10. The molecule has 0 aliphatic carbocycles. The molecule has 3 fully saturated rings. The van der Waals surface area contributed by atoms with Crippen LogP contribution in [0, 0.1) is 0 Å². The van der Waals surface area contributed by atoms with Gasteiger partial charge in [0, 0.05) is 50.5 Å². The Bertz CT molecular complexity index is 1080. The highest BCUT2D eigenvalue weighted by Gasteiger charge is 2.39. The van der Waals surface area contributed by atoms with Gasteiger partial charge in [0.1, 0.15) is 0 Å². The van der Waals surface area contributed by atoms with Crippen LogP contribution in [0.4, 0.5) is 0 Å². The highest BCUT2D eigenvalue weighted by Crippen LogP contribution is 2.28. The van der Waals surface area contributed by atoms with E-state index in [9.17, 15) is 47.9 Å². The van der Waals surface area contributed by atoms with Crippen molar-refractivity contribution in [3.05, 3.63) is 0 Å². The van der Waals surface area contributed by atoms with Crippen LogP contribution in [0.15, 0.2) is 0 Å². The van der Waals surface area contributed by atoms with Gasteiger partial charge in [-0.05, 0) is 25.8 Å². The molecular weight excluding hydrogens is 589 g/mol. The van der Waals surface area contributed by atoms with Gasteiger partial charge in [0.25, 0.3) is 35.4 Å². The molecule has 18 nitrogen and oxygen atoms in total. The Morgan fingerprint density at radius 1 is 0.568 bits per heavy atom. The van der Waals surface area contributed by atoms with Crippen molar-refractivity contribution >= 4 is 67.2 Å². The predicted octanol–water partition coefficient (Wildman–Crippen LogP) is -2.47. The van der Waals surface area contributed by atoms with E-state index in [4.69, 9.17) is 14.5 Å². The van der Waals surface area contributed by atoms with Crippen LogP contribution in [0.5, 0.6) is 0 Å². The minimum Gasteiger partial charge on any atom is -0.361 e. The van der Waals surface area contributed by atoms with Crippen LogP contribution < -0.4 is 10.5 Å². The van der Waals surface area contributed by atoms with Gasteiger partial charge in [-0.2, -0.15) is 0 Å². The van der Waals surface area contributed by atoms with Crippen LogP contribution in [-0.4, -0.2) is 94.5 Å². The Balaban J connectivity index is 1.77. The number of rotatable bonds is 16. The number of hydrogen-bond donors (Lipinski definition) is 2. The summed E-state index contributed by atoms with van der Waals surface area (Å²) in [7, 11) is 1.60. The zero-order valence-electron chi connectivity index (χ0n) is 24.0. The predicted molar refractivity (Wildman–Crippen MR) is 141 cm³/mol. The number of hydrogen-bond acceptors (Lipinski definition) is 14. The molecule has 0 atom stereocenters. The topological polar surface area (TPSA) is 232 Å². The molecule has 0 bridgehead atoms. The van der Waals surface area contributed by atoms with Gasteiger partial charge in [-0.15, -0.1) is 15.2 Å². The zero-order chi connectivity index (χ0) is 32.4. The molecule has 0 unspecified atom stereocenters. The van der Waals surface area contributed by atoms with Crippen molar-refractivity contribution in [2.24, 2.45) is 0 Å². The van der Waals surface area contributed by atoms with Gasteiger partial charge in [0.2, 0.25) is 5.91 Å². The van der Waals surface area contributed by atoms with E-state index in [2.05, 4.69) is 10.5 Å². The maximum absolute atomic E-state index is 12.9. The summed E-state index contributed by atoms with van der Waals surface area (Å²) in [6, 6.07) is 0. The zero-order valence-corrected chi connectivity index (χ0v) is 24.0. The second-order valence-electron chi connectivity index (χ2n) is 10.3. The third-order valence-corrected chi connectivity index (χ3v) is 7.03. The van der Waals surface area contributed by atoms with E-state index in [0.717, 1.165) is 0 Å².